The topological polar surface area (TPSA) is 38.5 Å². The Balaban J connectivity index is 3.09. The van der Waals surface area contributed by atoms with E-state index in [-0.39, 0.29) is 10.6 Å². The summed E-state index contributed by atoms with van der Waals surface area (Å²) in [7, 11) is 0. The van der Waals surface area contributed by atoms with Crippen LogP contribution in [0, 0.1) is 0 Å². The van der Waals surface area contributed by atoms with Gasteiger partial charge in [0.2, 0.25) is 0 Å². The molecule has 0 bridgehead atoms. The Morgan fingerprint density at radius 2 is 2.00 bits per heavy atom. The third-order valence-electron chi connectivity index (χ3n) is 3.03. The van der Waals surface area contributed by atoms with Crippen LogP contribution < -0.4 is 10.6 Å². The fourth-order valence-electron chi connectivity index (χ4n) is 1.97. The molecule has 0 radical (unpaired) electrons. The molecular formula is C14H19F3N2OS. The predicted molar refractivity (Wildman–Crippen MR) is 81.7 cm³/mol. The van der Waals surface area contributed by atoms with E-state index in [9.17, 15) is 13.2 Å². The molecule has 0 fully saturated rings. The number of likely N-dealkylation sites (N-methyl/N-ethyl adjacent to an activating group) is 1. The normalized spacial score (nSPS) is 11.5. The maximum absolute atomic E-state index is 12.9. The van der Waals surface area contributed by atoms with Crippen molar-refractivity contribution < 1.29 is 17.9 Å². The molecule has 0 atom stereocenters. The first kappa shape index (κ1) is 17.7. The fraction of sp³-hybridized carbons (Fsp3) is 0.500. The first-order chi connectivity index (χ1) is 9.81. The Morgan fingerprint density at radius 1 is 1.33 bits per heavy atom. The lowest BCUT2D eigenvalue weighted by atomic mass is 10.1. The minimum Gasteiger partial charge on any atom is -0.389 e. The van der Waals surface area contributed by atoms with Gasteiger partial charge in [-0.2, -0.15) is 13.2 Å². The van der Waals surface area contributed by atoms with Gasteiger partial charge in [0.05, 0.1) is 12.2 Å². The summed E-state index contributed by atoms with van der Waals surface area (Å²) in [6.45, 7) is 6.15. The van der Waals surface area contributed by atoms with E-state index in [1.165, 1.54) is 12.1 Å². The molecule has 118 valence electrons. The van der Waals surface area contributed by atoms with Crippen molar-refractivity contribution in [3.05, 3.63) is 29.3 Å². The quantitative estimate of drug-likeness (QED) is 0.618. The second-order valence-electron chi connectivity index (χ2n) is 4.37. The highest BCUT2D eigenvalue weighted by Crippen LogP contribution is 2.34. The first-order valence-electron chi connectivity index (χ1n) is 6.65. The molecule has 0 saturated carbocycles. The van der Waals surface area contributed by atoms with Crippen LogP contribution in [0.1, 0.15) is 25.0 Å². The second-order valence-corrected chi connectivity index (χ2v) is 4.81. The Kier molecular flexibility index (Phi) is 6.42. The molecule has 0 spiro atoms. The number of rotatable bonds is 7. The summed E-state index contributed by atoms with van der Waals surface area (Å²) in [5.74, 6) is 0. The smallest absolute Gasteiger partial charge is 0.389 e. The number of nitrogens with two attached hydrogens (primary N) is 1. The molecule has 0 aromatic heterocycles. The van der Waals surface area contributed by atoms with Crippen LogP contribution in [0.2, 0.25) is 0 Å². The zero-order chi connectivity index (χ0) is 16.0. The fourth-order valence-corrected chi connectivity index (χ4v) is 2.14. The van der Waals surface area contributed by atoms with Gasteiger partial charge in [-0.05, 0) is 32.0 Å². The standard InChI is InChI=1S/C14H19F3N2OS/c1-3-19(7-8-20-4-2)10-5-6-12(14(15,16)17)11(9-10)13(18)21/h5-6,9H,3-4,7-8H2,1-2H3,(H2,18,21). The highest BCUT2D eigenvalue weighted by molar-refractivity contribution is 7.80. The van der Waals surface area contributed by atoms with Gasteiger partial charge < -0.3 is 15.4 Å². The van der Waals surface area contributed by atoms with Gasteiger partial charge >= 0.3 is 6.18 Å². The molecule has 3 nitrogen and oxygen atoms in total. The third-order valence-corrected chi connectivity index (χ3v) is 3.25. The van der Waals surface area contributed by atoms with Crippen molar-refractivity contribution in [2.45, 2.75) is 20.0 Å². The van der Waals surface area contributed by atoms with Crippen LogP contribution in [0.5, 0.6) is 0 Å². The van der Waals surface area contributed by atoms with Gasteiger partial charge in [0.25, 0.3) is 0 Å². The highest BCUT2D eigenvalue weighted by atomic mass is 32.1. The molecule has 0 heterocycles. The van der Waals surface area contributed by atoms with E-state index in [1.54, 1.807) is 0 Å². The van der Waals surface area contributed by atoms with Gasteiger partial charge in [-0.1, -0.05) is 12.2 Å². The van der Waals surface area contributed by atoms with Crippen molar-refractivity contribution in [3.8, 4) is 0 Å². The highest BCUT2D eigenvalue weighted by Gasteiger charge is 2.34. The van der Waals surface area contributed by atoms with Crippen molar-refractivity contribution in [1.29, 1.82) is 0 Å². The summed E-state index contributed by atoms with van der Waals surface area (Å²) in [6, 6.07) is 3.84. The van der Waals surface area contributed by atoms with Crippen molar-refractivity contribution in [2.24, 2.45) is 5.73 Å². The number of anilines is 1. The van der Waals surface area contributed by atoms with Gasteiger partial charge in [0.15, 0.2) is 0 Å². The second kappa shape index (κ2) is 7.61. The van der Waals surface area contributed by atoms with E-state index in [0.717, 1.165) is 6.07 Å². The Morgan fingerprint density at radius 3 is 2.48 bits per heavy atom. The van der Waals surface area contributed by atoms with E-state index in [2.05, 4.69) is 0 Å². The van der Waals surface area contributed by atoms with Crippen LogP contribution in [0.4, 0.5) is 18.9 Å². The molecule has 0 saturated heterocycles. The number of nitrogens with zero attached hydrogens (tertiary/aromatic N) is 1. The van der Waals surface area contributed by atoms with Crippen molar-refractivity contribution >= 4 is 22.9 Å². The molecule has 0 aliphatic rings. The summed E-state index contributed by atoms with van der Waals surface area (Å²) >= 11 is 4.74. The number of alkyl halides is 3. The summed E-state index contributed by atoms with van der Waals surface area (Å²) in [4.78, 5) is 1.66. The number of benzene rings is 1. The van der Waals surface area contributed by atoms with Crippen LogP contribution in [0.15, 0.2) is 18.2 Å². The van der Waals surface area contributed by atoms with E-state index < -0.39 is 11.7 Å². The van der Waals surface area contributed by atoms with Crippen LogP contribution >= 0.6 is 12.2 Å². The molecule has 0 amide bonds. The van der Waals surface area contributed by atoms with E-state index >= 15 is 0 Å². The number of hydrogen-bond donors (Lipinski definition) is 1. The number of halogens is 3. The summed E-state index contributed by atoms with van der Waals surface area (Å²) in [5, 5.41) is 0. The maximum Gasteiger partial charge on any atom is 0.417 e. The van der Waals surface area contributed by atoms with Gasteiger partial charge in [-0.25, -0.2) is 0 Å². The zero-order valence-electron chi connectivity index (χ0n) is 12.0. The Hall–Kier alpha value is -1.34. The van der Waals surface area contributed by atoms with Crippen molar-refractivity contribution in [2.75, 3.05) is 31.2 Å². The van der Waals surface area contributed by atoms with Crippen molar-refractivity contribution in [3.63, 3.8) is 0 Å². The van der Waals surface area contributed by atoms with Crippen molar-refractivity contribution in [1.82, 2.24) is 0 Å². The van der Waals surface area contributed by atoms with Crippen LogP contribution in [0.25, 0.3) is 0 Å². The molecule has 1 aromatic rings. The molecule has 0 aliphatic heterocycles. The summed E-state index contributed by atoms with van der Waals surface area (Å²) < 4.78 is 44.0. The van der Waals surface area contributed by atoms with Gasteiger partial charge in [0, 0.05) is 30.9 Å². The predicted octanol–water partition coefficient (Wildman–Crippen LogP) is 3.20. The van der Waals surface area contributed by atoms with E-state index in [1.807, 2.05) is 18.7 Å². The molecule has 0 aliphatic carbocycles. The van der Waals surface area contributed by atoms with Gasteiger partial charge in [0.1, 0.15) is 4.99 Å². The molecule has 1 rings (SSSR count). The lowest BCUT2D eigenvalue weighted by Gasteiger charge is -2.24. The molecule has 21 heavy (non-hydrogen) atoms. The Labute approximate surface area is 127 Å². The third kappa shape index (κ3) is 4.86. The molecule has 1 aromatic carbocycles. The maximum atomic E-state index is 12.9. The lowest BCUT2D eigenvalue weighted by molar-refractivity contribution is -0.137. The van der Waals surface area contributed by atoms with Crippen LogP contribution in [-0.2, 0) is 10.9 Å². The van der Waals surface area contributed by atoms with Gasteiger partial charge in [-0.15, -0.1) is 0 Å². The first-order valence-corrected chi connectivity index (χ1v) is 7.05. The average Bonchev–Trinajstić information content (AvgIpc) is 2.42. The number of thiocarbonyl (C=S) groups is 1. The Bertz CT molecular complexity index is 492. The lowest BCUT2D eigenvalue weighted by Crippen LogP contribution is -2.28. The number of ether oxygens (including phenoxy) is 1. The summed E-state index contributed by atoms with van der Waals surface area (Å²) in [6.07, 6.45) is -4.47. The van der Waals surface area contributed by atoms with Gasteiger partial charge in [-0.3, -0.25) is 0 Å². The zero-order valence-corrected chi connectivity index (χ0v) is 12.9. The molecule has 2 N–H and O–H groups in total. The SMILES string of the molecule is CCOCCN(CC)c1ccc(C(F)(F)F)c(C(N)=S)c1. The van der Waals surface area contributed by atoms with Crippen LogP contribution in [0.3, 0.4) is 0 Å². The number of hydrogen-bond acceptors (Lipinski definition) is 3. The minimum atomic E-state index is -4.47. The van der Waals surface area contributed by atoms with E-state index in [0.29, 0.717) is 32.0 Å². The molecule has 7 heteroatoms. The molecule has 0 unspecified atom stereocenters. The largest absolute Gasteiger partial charge is 0.417 e. The van der Waals surface area contributed by atoms with E-state index in [4.69, 9.17) is 22.7 Å². The molecular weight excluding hydrogens is 301 g/mol. The summed E-state index contributed by atoms with van der Waals surface area (Å²) in [5.41, 5.74) is 5.12. The minimum absolute atomic E-state index is 0.148. The monoisotopic (exact) mass is 320 g/mol. The van der Waals surface area contributed by atoms with Crippen LogP contribution in [-0.4, -0.2) is 31.3 Å². The average molecular weight is 320 g/mol.